The number of aliphatic hydroxyl groups is 1. The molecule has 2 N–H and O–H groups in total. The number of halogens is 3. The Morgan fingerprint density at radius 2 is 1.22 bits per heavy atom. The highest BCUT2D eigenvalue weighted by Gasteiger charge is 2.62. The summed E-state index contributed by atoms with van der Waals surface area (Å²) in [6.07, 6.45) is -6.49. The van der Waals surface area contributed by atoms with Crippen molar-refractivity contribution < 1.29 is 46.8 Å². The Morgan fingerprint density at radius 1 is 0.727 bits per heavy atom. The monoisotopic (exact) mass is 752 g/mol. The highest BCUT2D eigenvalue weighted by atomic mass is 19.4. The van der Waals surface area contributed by atoms with Gasteiger partial charge in [0.15, 0.2) is 0 Å². The molecule has 1 aliphatic carbocycles. The SMILES string of the molecule is CC(C)(C)OC(=O)N1CC(NC(=O)OCC2c3ccccc3-c3ccccc32)(C(O)(c2ccc(Oc3ccccc3)cc2)c2ccc(OC(F)(F)F)cc2)C1. The standard InChI is InChI=1S/C43H39F3N2O7/c1-40(2,3)55-39(50)48-26-41(27-48,47-38(49)52-25-37-35-15-9-7-13-33(35)34-14-8-10-16-36(34)37)42(51,29-19-23-32(24-20-29)54-43(44,45)46)28-17-21-31(22-18-28)53-30-11-5-4-6-12-30/h4-24,37,51H,25-27H2,1-3H3,(H,47,49). The number of nitrogens with one attached hydrogen (secondary N) is 1. The number of alkyl carbamates (subject to hydrolysis) is 1. The Kier molecular flexibility index (Phi) is 9.72. The third-order valence-corrected chi connectivity index (χ3v) is 9.71. The van der Waals surface area contributed by atoms with Crippen LogP contribution in [0.3, 0.4) is 0 Å². The van der Waals surface area contributed by atoms with E-state index >= 15 is 0 Å². The van der Waals surface area contributed by atoms with E-state index in [2.05, 4.69) is 10.1 Å². The molecule has 1 fully saturated rings. The van der Waals surface area contributed by atoms with Crippen LogP contribution in [-0.2, 0) is 15.1 Å². The van der Waals surface area contributed by atoms with E-state index < -0.39 is 41.0 Å². The summed E-state index contributed by atoms with van der Waals surface area (Å²) in [5, 5.41) is 16.0. The zero-order valence-electron chi connectivity index (χ0n) is 30.3. The minimum absolute atomic E-state index is 0.0286. The number of amides is 2. The first-order valence-electron chi connectivity index (χ1n) is 17.7. The Labute approximate surface area is 316 Å². The molecule has 2 amide bonds. The smallest absolute Gasteiger partial charge is 0.457 e. The van der Waals surface area contributed by atoms with Gasteiger partial charge in [-0.3, -0.25) is 0 Å². The molecule has 5 aromatic rings. The number of hydrogen-bond acceptors (Lipinski definition) is 7. The van der Waals surface area contributed by atoms with Crippen LogP contribution in [-0.4, -0.2) is 59.4 Å². The van der Waals surface area contributed by atoms with Crippen molar-refractivity contribution in [2.75, 3.05) is 19.7 Å². The van der Waals surface area contributed by atoms with Gasteiger partial charge in [-0.25, -0.2) is 9.59 Å². The Morgan fingerprint density at radius 3 is 1.75 bits per heavy atom. The number of benzene rings is 5. The number of hydrogen-bond donors (Lipinski definition) is 2. The van der Waals surface area contributed by atoms with Gasteiger partial charge in [0.2, 0.25) is 0 Å². The molecule has 9 nitrogen and oxygen atoms in total. The second-order valence-corrected chi connectivity index (χ2v) is 14.6. The van der Waals surface area contributed by atoms with E-state index in [4.69, 9.17) is 14.2 Å². The van der Waals surface area contributed by atoms with Crippen LogP contribution in [0.25, 0.3) is 11.1 Å². The predicted octanol–water partition coefficient (Wildman–Crippen LogP) is 9.14. The predicted molar refractivity (Wildman–Crippen MR) is 198 cm³/mol. The van der Waals surface area contributed by atoms with Gasteiger partial charge in [0, 0.05) is 5.92 Å². The Hall–Kier alpha value is -6.01. The maximum absolute atomic E-state index is 14.0. The lowest BCUT2D eigenvalue weighted by Crippen LogP contribution is -2.79. The fourth-order valence-electron chi connectivity index (χ4n) is 7.29. The lowest BCUT2D eigenvalue weighted by Gasteiger charge is -2.57. The van der Waals surface area contributed by atoms with Crippen molar-refractivity contribution in [3.05, 3.63) is 150 Å². The first kappa shape index (κ1) is 37.3. The largest absolute Gasteiger partial charge is 0.573 e. The molecule has 0 bridgehead atoms. The maximum atomic E-state index is 14.0. The van der Waals surface area contributed by atoms with Crippen molar-refractivity contribution in [2.45, 2.75) is 49.8 Å². The van der Waals surface area contributed by atoms with Gasteiger partial charge in [0.05, 0.1) is 13.1 Å². The van der Waals surface area contributed by atoms with Crippen LogP contribution in [0.1, 0.15) is 48.9 Å². The summed E-state index contributed by atoms with van der Waals surface area (Å²) in [4.78, 5) is 28.6. The van der Waals surface area contributed by atoms with E-state index in [9.17, 15) is 27.9 Å². The van der Waals surface area contributed by atoms with Gasteiger partial charge in [0.25, 0.3) is 0 Å². The van der Waals surface area contributed by atoms with Crippen LogP contribution in [0.5, 0.6) is 17.2 Å². The number of alkyl halides is 3. The van der Waals surface area contributed by atoms with E-state index in [1.165, 1.54) is 17.0 Å². The molecule has 7 rings (SSSR count). The number of carbonyl (C=O) groups is 2. The van der Waals surface area contributed by atoms with Gasteiger partial charge < -0.3 is 34.3 Å². The lowest BCUT2D eigenvalue weighted by atomic mass is 9.66. The topological polar surface area (TPSA) is 107 Å². The van der Waals surface area contributed by atoms with Crippen LogP contribution in [0.2, 0.25) is 0 Å². The van der Waals surface area contributed by atoms with Crippen molar-refractivity contribution in [1.29, 1.82) is 0 Å². The summed E-state index contributed by atoms with van der Waals surface area (Å²) >= 11 is 0. The van der Waals surface area contributed by atoms with Crippen molar-refractivity contribution in [3.63, 3.8) is 0 Å². The molecule has 0 spiro atoms. The van der Waals surface area contributed by atoms with Crippen LogP contribution >= 0.6 is 0 Å². The molecular weight excluding hydrogens is 713 g/mol. The third-order valence-electron chi connectivity index (χ3n) is 9.71. The van der Waals surface area contributed by atoms with E-state index in [1.807, 2.05) is 66.7 Å². The lowest BCUT2D eigenvalue weighted by molar-refractivity contribution is -0.274. The summed E-state index contributed by atoms with van der Waals surface area (Å²) < 4.78 is 61.0. The second-order valence-electron chi connectivity index (χ2n) is 14.6. The zero-order valence-corrected chi connectivity index (χ0v) is 30.3. The molecule has 1 heterocycles. The van der Waals surface area contributed by atoms with Crippen molar-refractivity contribution in [3.8, 4) is 28.4 Å². The van der Waals surface area contributed by atoms with Gasteiger partial charge in [-0.1, -0.05) is 91.0 Å². The number of fused-ring (bicyclic) bond motifs is 3. The molecule has 284 valence electrons. The maximum Gasteiger partial charge on any atom is 0.573 e. The fraction of sp³-hybridized carbons (Fsp3) is 0.256. The Bertz CT molecular complexity index is 2120. The molecule has 55 heavy (non-hydrogen) atoms. The van der Waals surface area contributed by atoms with Gasteiger partial charge in [0.1, 0.15) is 40.6 Å². The number of para-hydroxylation sites is 1. The molecule has 1 aliphatic heterocycles. The zero-order chi connectivity index (χ0) is 39.0. The van der Waals surface area contributed by atoms with Crippen molar-refractivity contribution >= 4 is 12.2 Å². The molecule has 0 saturated carbocycles. The molecule has 12 heteroatoms. The highest BCUT2D eigenvalue weighted by molar-refractivity contribution is 5.79. The van der Waals surface area contributed by atoms with Crippen LogP contribution in [0, 0.1) is 0 Å². The first-order chi connectivity index (χ1) is 26.1. The molecule has 5 aromatic carbocycles. The third kappa shape index (κ3) is 7.68. The summed E-state index contributed by atoms with van der Waals surface area (Å²) in [7, 11) is 0. The molecular formula is C43H39F3N2O7. The number of likely N-dealkylation sites (tertiary alicyclic amines) is 1. The number of ether oxygens (including phenoxy) is 4. The summed E-state index contributed by atoms with van der Waals surface area (Å²) in [5.41, 5.74) is -0.205. The Balaban J connectivity index is 1.24. The summed E-state index contributed by atoms with van der Waals surface area (Å²) in [6, 6.07) is 36.0. The van der Waals surface area contributed by atoms with Gasteiger partial charge in [-0.15, -0.1) is 13.2 Å². The minimum atomic E-state index is -4.94. The van der Waals surface area contributed by atoms with Crippen LogP contribution in [0.15, 0.2) is 127 Å². The van der Waals surface area contributed by atoms with Gasteiger partial charge >= 0.3 is 18.5 Å². The molecule has 0 radical (unpaired) electrons. The quantitative estimate of drug-likeness (QED) is 0.155. The summed E-state index contributed by atoms with van der Waals surface area (Å²) in [5.74, 6) is 0.249. The average molecular weight is 753 g/mol. The normalized spacial score (nSPS) is 15.8. The average Bonchev–Trinajstić information content (AvgIpc) is 3.45. The molecule has 1 unspecified atom stereocenters. The fourth-order valence-corrected chi connectivity index (χ4v) is 7.29. The molecule has 0 aromatic heterocycles. The second kappa shape index (κ2) is 14.3. The van der Waals surface area contributed by atoms with Crippen molar-refractivity contribution in [2.24, 2.45) is 0 Å². The van der Waals surface area contributed by atoms with Gasteiger partial charge in [-0.2, -0.15) is 0 Å². The summed E-state index contributed by atoms with van der Waals surface area (Å²) in [6.45, 7) is 4.63. The number of rotatable bonds is 9. The van der Waals surface area contributed by atoms with E-state index in [-0.39, 0.29) is 36.7 Å². The number of nitrogens with zero attached hydrogens (tertiary/aromatic N) is 1. The first-order valence-corrected chi connectivity index (χ1v) is 17.7. The van der Waals surface area contributed by atoms with Gasteiger partial charge in [-0.05, 0) is 90.6 Å². The number of carbonyl (C=O) groups excluding carboxylic acids is 2. The molecule has 2 aliphatic rings. The van der Waals surface area contributed by atoms with E-state index in [0.717, 1.165) is 34.4 Å². The highest BCUT2D eigenvalue weighted by Crippen LogP contribution is 2.47. The molecule has 1 saturated heterocycles. The molecule has 1 atom stereocenters. The van der Waals surface area contributed by atoms with Crippen LogP contribution < -0.4 is 14.8 Å². The van der Waals surface area contributed by atoms with E-state index in [1.54, 1.807) is 57.2 Å². The minimum Gasteiger partial charge on any atom is -0.457 e. The van der Waals surface area contributed by atoms with Crippen molar-refractivity contribution in [1.82, 2.24) is 10.2 Å². The van der Waals surface area contributed by atoms with E-state index in [0.29, 0.717) is 11.5 Å². The van der Waals surface area contributed by atoms with Crippen LogP contribution in [0.4, 0.5) is 22.8 Å².